The highest BCUT2D eigenvalue weighted by Gasteiger charge is 2.52. The highest BCUT2D eigenvalue weighted by atomic mass is 16.6. The Balaban J connectivity index is 1.03. The highest BCUT2D eigenvalue weighted by Crippen LogP contribution is 2.48. The van der Waals surface area contributed by atoms with Crippen molar-refractivity contribution in [2.75, 3.05) is 13.7 Å². The summed E-state index contributed by atoms with van der Waals surface area (Å²) in [4.78, 5) is 62.3. The lowest BCUT2D eigenvalue weighted by Gasteiger charge is -2.43. The number of hydrogen-bond donors (Lipinski definition) is 3. The number of aliphatic hydroxyl groups is 3. The van der Waals surface area contributed by atoms with E-state index in [1.165, 1.54) is 7.11 Å². The average Bonchev–Trinajstić information content (AvgIpc) is 0.786. The predicted octanol–water partition coefficient (Wildman–Crippen LogP) is 13.3. The summed E-state index contributed by atoms with van der Waals surface area (Å²) in [6.07, 6.45) is 6.96. The van der Waals surface area contributed by atoms with E-state index in [0.717, 1.165) is 16.7 Å². The van der Waals surface area contributed by atoms with E-state index in [-0.39, 0.29) is 88.5 Å². The number of aliphatic hydroxyl groups excluding tert-OH is 3. The number of carbonyl (C=O) groups is 3. The largest absolute Gasteiger partial charge is 0.508 e. The molecule has 3 aromatic heterocycles. The van der Waals surface area contributed by atoms with Gasteiger partial charge in [-0.1, -0.05) is 25.1 Å². The van der Waals surface area contributed by atoms with Crippen LogP contribution < -0.4 is 23.7 Å². The van der Waals surface area contributed by atoms with Crippen molar-refractivity contribution in [3.8, 4) is 46.9 Å². The molecule has 6 heterocycles. The van der Waals surface area contributed by atoms with Crippen LogP contribution in [-0.4, -0.2) is 110 Å². The molecule has 9 rings (SSSR count). The first-order valence-electron chi connectivity index (χ1n) is 29.6. The van der Waals surface area contributed by atoms with Gasteiger partial charge in [0.25, 0.3) is 0 Å². The van der Waals surface area contributed by atoms with Crippen molar-refractivity contribution in [2.45, 2.75) is 175 Å². The summed E-state index contributed by atoms with van der Waals surface area (Å²) in [5.74, 6) is -0.413. The van der Waals surface area contributed by atoms with Gasteiger partial charge in [0.2, 0.25) is 17.6 Å². The molecule has 0 fully saturated rings. The number of hydrogen-bond acceptors (Lipinski definition) is 20. The van der Waals surface area contributed by atoms with Gasteiger partial charge in [-0.05, 0) is 210 Å². The molecule has 2 atom stereocenters. The lowest BCUT2D eigenvalue weighted by atomic mass is 9.77. The number of Topliss-reactive ketones (excluding diaryl/α,β-unsaturated/α-hetero) is 3. The van der Waals surface area contributed by atoms with Gasteiger partial charge < -0.3 is 53.2 Å². The summed E-state index contributed by atoms with van der Waals surface area (Å²) in [6.45, 7) is 24.8. The number of carbonyl (C=O) groups excluding carboxylic acids is 3. The fourth-order valence-corrected chi connectivity index (χ4v) is 11.7. The predicted molar refractivity (Wildman–Crippen MR) is 328 cm³/mol. The monoisotopic (exact) mass is 1200 g/mol. The molecule has 20 nitrogen and oxygen atoms in total. The molecule has 88 heavy (non-hydrogen) atoms. The number of nitrogens with zero attached hydrogens (tertiary/aromatic N) is 6. The van der Waals surface area contributed by atoms with Crippen LogP contribution >= 0.6 is 0 Å². The zero-order valence-corrected chi connectivity index (χ0v) is 52.8. The molecular formula is C68H78N6O14. The van der Waals surface area contributed by atoms with Crippen molar-refractivity contribution in [3.63, 3.8) is 0 Å². The lowest BCUT2D eigenvalue weighted by molar-refractivity contribution is -0.164. The minimum atomic E-state index is -1.54. The van der Waals surface area contributed by atoms with Crippen molar-refractivity contribution >= 4 is 34.1 Å². The number of aryl methyl sites for hydroxylation is 5. The van der Waals surface area contributed by atoms with E-state index >= 15 is 9.59 Å². The zero-order valence-electron chi connectivity index (χ0n) is 52.8. The molecule has 20 heteroatoms. The maximum atomic E-state index is 15.5. The molecule has 0 saturated carbocycles. The van der Waals surface area contributed by atoms with Crippen LogP contribution in [0.5, 0.6) is 46.9 Å². The summed E-state index contributed by atoms with van der Waals surface area (Å²) in [5.41, 5.74) is -3.12. The first-order chi connectivity index (χ1) is 41.4. The summed E-state index contributed by atoms with van der Waals surface area (Å²) in [6, 6.07) is 19.1. The number of benzene rings is 3. The normalized spacial score (nSPS) is 20.5. The number of ether oxygens (including phenoxy) is 8. The van der Waals surface area contributed by atoms with E-state index in [2.05, 4.69) is 30.1 Å². The lowest BCUT2D eigenvalue weighted by Crippen LogP contribution is -2.51. The van der Waals surface area contributed by atoms with Gasteiger partial charge in [-0.15, -0.1) is 10.2 Å². The molecule has 3 N–H and O–H groups in total. The van der Waals surface area contributed by atoms with E-state index in [1.54, 1.807) is 148 Å². The number of rotatable bonds is 21. The van der Waals surface area contributed by atoms with Gasteiger partial charge in [-0.25, -0.2) is 15.0 Å². The molecule has 0 bridgehead atoms. The quantitative estimate of drug-likeness (QED) is 0.0604. The van der Waals surface area contributed by atoms with Crippen molar-refractivity contribution in [2.24, 2.45) is 0 Å². The van der Waals surface area contributed by atoms with E-state index in [0.29, 0.717) is 71.7 Å². The molecule has 0 spiro atoms. The SMILES string of the molecule is CCOc1nc(Oc2ccc(CCCC3(C)OC(C)(C)C(O)=C(c4cc(Oc5ccc(OC)nn5)ccc4CCCC4(C)OC(C)(C)C(O)=C(c5cc(Oc6ncc(C)cn6)ccc5CC)C4=O)C3=O)c(C3=C(O)C(C)(C)OC(C)(C)C3=O)c2)ncc1C. The van der Waals surface area contributed by atoms with Gasteiger partial charge in [0, 0.05) is 36.3 Å². The average molecular weight is 1200 g/mol. The Hall–Kier alpha value is -8.59. The second kappa shape index (κ2) is 24.5. The van der Waals surface area contributed by atoms with Crippen LogP contribution in [-0.2, 0) is 47.9 Å². The van der Waals surface area contributed by atoms with Crippen molar-refractivity contribution in [1.82, 2.24) is 30.1 Å². The Bertz CT molecular complexity index is 3790. The van der Waals surface area contributed by atoms with E-state index < -0.39 is 51.0 Å². The van der Waals surface area contributed by atoms with Gasteiger partial charge in [0.1, 0.15) is 68.1 Å². The Labute approximate surface area is 513 Å². The van der Waals surface area contributed by atoms with Gasteiger partial charge in [0.15, 0.2) is 17.3 Å². The molecule has 2 unspecified atom stereocenters. The molecule has 0 aliphatic carbocycles. The van der Waals surface area contributed by atoms with Crippen molar-refractivity contribution in [1.29, 1.82) is 0 Å². The molecule has 3 aliphatic heterocycles. The van der Waals surface area contributed by atoms with Crippen LogP contribution in [0, 0.1) is 13.8 Å². The van der Waals surface area contributed by atoms with Gasteiger partial charge in [0.05, 0.1) is 30.4 Å². The fraction of sp³-hybridized carbons (Fsp3) is 0.426. The Kier molecular flexibility index (Phi) is 17.8. The first kappa shape index (κ1) is 63.9. The molecular weight excluding hydrogens is 1120 g/mol. The summed E-state index contributed by atoms with van der Waals surface area (Å²) < 4.78 is 48.7. The first-order valence-corrected chi connectivity index (χ1v) is 29.6. The summed E-state index contributed by atoms with van der Waals surface area (Å²) in [7, 11) is 1.47. The maximum absolute atomic E-state index is 15.5. The molecule has 464 valence electrons. The van der Waals surface area contributed by atoms with Crippen LogP contribution in [0.2, 0.25) is 0 Å². The number of methoxy groups -OCH3 is 1. The van der Waals surface area contributed by atoms with E-state index in [1.807, 2.05) is 33.8 Å². The van der Waals surface area contributed by atoms with Gasteiger partial charge in [-0.2, -0.15) is 4.98 Å². The minimum Gasteiger partial charge on any atom is -0.508 e. The van der Waals surface area contributed by atoms with E-state index in [4.69, 9.17) is 37.9 Å². The molecule has 3 aromatic carbocycles. The zero-order chi connectivity index (χ0) is 63.9. The van der Waals surface area contributed by atoms with Crippen molar-refractivity contribution < 1.29 is 67.6 Å². The highest BCUT2D eigenvalue weighted by molar-refractivity contribution is 6.28. The van der Waals surface area contributed by atoms with Crippen molar-refractivity contribution in [3.05, 3.63) is 147 Å². The van der Waals surface area contributed by atoms with E-state index in [9.17, 15) is 20.1 Å². The fourth-order valence-electron chi connectivity index (χ4n) is 11.7. The van der Waals surface area contributed by atoms with Gasteiger partial charge in [-0.3, -0.25) is 14.4 Å². The van der Waals surface area contributed by atoms with Crippen LogP contribution in [0.4, 0.5) is 0 Å². The molecule has 3 aliphatic rings. The van der Waals surface area contributed by atoms with Crippen LogP contribution in [0.25, 0.3) is 16.7 Å². The maximum Gasteiger partial charge on any atom is 0.325 e. The third-order valence-electron chi connectivity index (χ3n) is 16.1. The van der Waals surface area contributed by atoms with Crippen LogP contribution in [0.3, 0.4) is 0 Å². The Morgan fingerprint density at radius 1 is 0.500 bits per heavy atom. The molecule has 0 saturated heterocycles. The Morgan fingerprint density at radius 3 is 1.41 bits per heavy atom. The third-order valence-corrected chi connectivity index (χ3v) is 16.1. The molecule has 6 aromatic rings. The smallest absolute Gasteiger partial charge is 0.325 e. The molecule has 0 amide bonds. The van der Waals surface area contributed by atoms with Gasteiger partial charge >= 0.3 is 12.0 Å². The second-order valence-electron chi connectivity index (χ2n) is 24.8. The number of ketones is 3. The minimum absolute atomic E-state index is 0.0121. The third kappa shape index (κ3) is 13.0. The van der Waals surface area contributed by atoms with Crippen LogP contribution in [0.15, 0.2) is 103 Å². The van der Waals surface area contributed by atoms with Crippen LogP contribution in [0.1, 0.15) is 153 Å². The number of aromatic nitrogens is 6. The summed E-state index contributed by atoms with van der Waals surface area (Å²) >= 11 is 0. The Morgan fingerprint density at radius 2 is 0.932 bits per heavy atom. The standard InChI is InChI=1S/C68H78N6O14/c1-16-40-22-25-44(84-61-69-35-38(3)36-70-61)33-46(40)52-56(77)65(9,10)87-67(13,58(52)79)30-19-21-42-23-26-43(83-50-29-28-49(81-15)73-74-50)32-48(42)53-57(78)66(11,12)88-68(14,59(53)80)31-18-20-41-24-27-45(85-62-71-37-39(4)60(72-62)82-17-2)34-47(41)51-54(75)63(5,6)86-64(7,8)55(51)76/h22-29,32-37,75,77-78H,16-21,30-31H2,1-15H3. The second-order valence-corrected chi connectivity index (χ2v) is 24.8. The molecule has 0 radical (unpaired) electrons. The summed E-state index contributed by atoms with van der Waals surface area (Å²) in [5, 5.41) is 44.3. The topological polar surface area (TPSA) is 263 Å².